The number of hydrogen-bond donors (Lipinski definition) is 0. The zero-order chi connectivity index (χ0) is 13.0. The Morgan fingerprint density at radius 2 is 2.00 bits per heavy atom. The smallest absolute Gasteiger partial charge is 0.132 e. The lowest BCUT2D eigenvalue weighted by molar-refractivity contribution is 0.286. The van der Waals surface area contributed by atoms with Crippen LogP contribution in [0.15, 0.2) is 6.07 Å². The Morgan fingerprint density at radius 3 is 2.61 bits per heavy atom. The third-order valence-corrected chi connectivity index (χ3v) is 3.19. The molecule has 96 valence electrons. The predicted octanol–water partition coefficient (Wildman–Crippen LogP) is 0.993. The van der Waals surface area contributed by atoms with Gasteiger partial charge in [-0.15, -0.1) is 0 Å². The lowest BCUT2D eigenvalue weighted by Crippen LogP contribution is -2.46. The highest BCUT2D eigenvalue weighted by Crippen LogP contribution is 2.15. The van der Waals surface area contributed by atoms with E-state index < -0.39 is 0 Å². The fourth-order valence-corrected chi connectivity index (χ4v) is 2.17. The highest BCUT2D eigenvalue weighted by Gasteiger charge is 2.18. The summed E-state index contributed by atoms with van der Waals surface area (Å²) in [4.78, 5) is 13.4. The molecule has 1 fully saturated rings. The lowest BCUT2D eigenvalue weighted by atomic mass is 10.3. The van der Waals surface area contributed by atoms with Crippen molar-refractivity contribution < 1.29 is 0 Å². The Balaban J connectivity index is 2.05. The van der Waals surface area contributed by atoms with Crippen LogP contribution in [0, 0.1) is 18.3 Å². The minimum Gasteiger partial charge on any atom is -0.354 e. The van der Waals surface area contributed by atoms with Gasteiger partial charge in [0.05, 0.1) is 12.6 Å². The lowest BCUT2D eigenvalue weighted by Gasteiger charge is -2.34. The second-order valence-electron chi connectivity index (χ2n) is 4.56. The third kappa shape index (κ3) is 2.96. The maximum Gasteiger partial charge on any atom is 0.132 e. The number of aromatic nitrogens is 2. The fraction of sp³-hybridized carbons (Fsp3) is 0.615. The molecule has 0 amide bonds. The van der Waals surface area contributed by atoms with Crippen LogP contribution in [-0.2, 0) is 6.42 Å². The predicted molar refractivity (Wildman–Crippen MR) is 70.4 cm³/mol. The van der Waals surface area contributed by atoms with Crippen molar-refractivity contribution in [3.8, 4) is 6.07 Å². The molecule has 1 aliphatic rings. The Hall–Kier alpha value is -1.67. The van der Waals surface area contributed by atoms with Crippen LogP contribution in [0.1, 0.15) is 18.4 Å². The number of hydrogen-bond acceptors (Lipinski definition) is 5. The Morgan fingerprint density at radius 1 is 1.28 bits per heavy atom. The molecule has 2 rings (SSSR count). The first-order valence-electron chi connectivity index (χ1n) is 6.41. The van der Waals surface area contributed by atoms with E-state index in [9.17, 15) is 0 Å². The molecular formula is C13H19N5. The third-order valence-electron chi connectivity index (χ3n) is 3.19. The van der Waals surface area contributed by atoms with Gasteiger partial charge in [-0.1, -0.05) is 6.92 Å². The summed E-state index contributed by atoms with van der Waals surface area (Å²) in [5.41, 5.74) is 1.02. The molecule has 5 nitrogen and oxygen atoms in total. The van der Waals surface area contributed by atoms with Crippen molar-refractivity contribution in [3.05, 3.63) is 17.6 Å². The van der Waals surface area contributed by atoms with Gasteiger partial charge in [-0.2, -0.15) is 5.26 Å². The van der Waals surface area contributed by atoms with E-state index in [1.807, 2.05) is 13.0 Å². The van der Waals surface area contributed by atoms with Crippen molar-refractivity contribution in [3.63, 3.8) is 0 Å². The summed E-state index contributed by atoms with van der Waals surface area (Å²) in [6.07, 6.45) is 0.864. The molecule has 0 bridgehead atoms. The van der Waals surface area contributed by atoms with Crippen LogP contribution in [0.2, 0.25) is 0 Å². The molecule has 0 atom stereocenters. The number of nitriles is 1. The molecule has 0 N–H and O–H groups in total. The van der Waals surface area contributed by atoms with Crippen molar-refractivity contribution in [1.29, 1.82) is 5.26 Å². The van der Waals surface area contributed by atoms with Gasteiger partial charge in [0.15, 0.2) is 0 Å². The first-order valence-corrected chi connectivity index (χ1v) is 6.41. The standard InChI is InChI=1S/C13H19N5/c1-3-12-15-11(2)10-13(16-12)18-8-6-17(5-4-14)7-9-18/h10H,3,5-9H2,1-2H3. The quantitative estimate of drug-likeness (QED) is 0.743. The molecule has 0 aliphatic carbocycles. The van der Waals surface area contributed by atoms with E-state index in [0.717, 1.165) is 49.9 Å². The molecule has 1 aromatic rings. The average Bonchev–Trinajstić information content (AvgIpc) is 2.39. The van der Waals surface area contributed by atoms with Gasteiger partial charge in [0, 0.05) is 44.4 Å². The van der Waals surface area contributed by atoms with Crippen molar-refractivity contribution in [2.45, 2.75) is 20.3 Å². The Kier molecular flexibility index (Phi) is 4.11. The van der Waals surface area contributed by atoms with E-state index in [1.54, 1.807) is 0 Å². The first-order chi connectivity index (χ1) is 8.72. The monoisotopic (exact) mass is 245 g/mol. The molecule has 2 heterocycles. The van der Waals surface area contributed by atoms with Crippen molar-refractivity contribution >= 4 is 5.82 Å². The van der Waals surface area contributed by atoms with Crippen LogP contribution in [0.3, 0.4) is 0 Å². The Labute approximate surface area is 108 Å². The van der Waals surface area contributed by atoms with Gasteiger partial charge < -0.3 is 4.90 Å². The largest absolute Gasteiger partial charge is 0.354 e. The van der Waals surface area contributed by atoms with E-state index in [-0.39, 0.29) is 0 Å². The molecule has 0 aromatic carbocycles. The van der Waals surface area contributed by atoms with Gasteiger partial charge in [-0.3, -0.25) is 4.90 Å². The molecule has 0 spiro atoms. The Bertz CT molecular complexity index is 443. The van der Waals surface area contributed by atoms with E-state index in [1.165, 1.54) is 0 Å². The second kappa shape index (κ2) is 5.78. The van der Waals surface area contributed by atoms with Crippen LogP contribution in [0.25, 0.3) is 0 Å². The maximum absolute atomic E-state index is 8.68. The van der Waals surface area contributed by atoms with E-state index >= 15 is 0 Å². The second-order valence-corrected chi connectivity index (χ2v) is 4.56. The topological polar surface area (TPSA) is 56.1 Å². The normalized spacial score (nSPS) is 16.6. The van der Waals surface area contributed by atoms with Gasteiger partial charge in [-0.05, 0) is 6.92 Å². The summed E-state index contributed by atoms with van der Waals surface area (Å²) in [6.45, 7) is 8.33. The molecule has 1 saturated heterocycles. The molecule has 0 saturated carbocycles. The number of anilines is 1. The molecule has 0 unspecified atom stereocenters. The van der Waals surface area contributed by atoms with E-state index in [2.05, 4.69) is 32.8 Å². The maximum atomic E-state index is 8.68. The number of aryl methyl sites for hydroxylation is 2. The van der Waals surface area contributed by atoms with Gasteiger partial charge in [-0.25, -0.2) is 9.97 Å². The molecule has 5 heteroatoms. The minimum absolute atomic E-state index is 0.525. The zero-order valence-corrected chi connectivity index (χ0v) is 11.1. The fourth-order valence-electron chi connectivity index (χ4n) is 2.17. The van der Waals surface area contributed by atoms with Gasteiger partial charge in [0.25, 0.3) is 0 Å². The molecule has 0 radical (unpaired) electrons. The van der Waals surface area contributed by atoms with Crippen molar-refractivity contribution in [2.75, 3.05) is 37.6 Å². The number of rotatable bonds is 3. The summed E-state index contributed by atoms with van der Waals surface area (Å²) in [5, 5.41) is 8.68. The van der Waals surface area contributed by atoms with Crippen LogP contribution < -0.4 is 4.90 Å². The van der Waals surface area contributed by atoms with Gasteiger partial charge in [0.1, 0.15) is 11.6 Å². The average molecular weight is 245 g/mol. The minimum atomic E-state index is 0.525. The van der Waals surface area contributed by atoms with E-state index in [4.69, 9.17) is 5.26 Å². The van der Waals surface area contributed by atoms with Gasteiger partial charge >= 0.3 is 0 Å². The van der Waals surface area contributed by atoms with Crippen LogP contribution >= 0.6 is 0 Å². The van der Waals surface area contributed by atoms with E-state index in [0.29, 0.717) is 6.54 Å². The van der Waals surface area contributed by atoms with Crippen molar-refractivity contribution in [2.24, 2.45) is 0 Å². The summed E-state index contributed by atoms with van der Waals surface area (Å²) in [7, 11) is 0. The SMILES string of the molecule is CCc1nc(C)cc(N2CCN(CC#N)CC2)n1. The number of nitrogens with zero attached hydrogens (tertiary/aromatic N) is 5. The van der Waals surface area contributed by atoms with Crippen LogP contribution in [0.5, 0.6) is 0 Å². The summed E-state index contributed by atoms with van der Waals surface area (Å²) in [5.74, 6) is 1.93. The highest BCUT2D eigenvalue weighted by molar-refractivity contribution is 5.40. The van der Waals surface area contributed by atoms with Crippen LogP contribution in [0.4, 0.5) is 5.82 Å². The molecule has 1 aliphatic heterocycles. The summed E-state index contributed by atoms with van der Waals surface area (Å²) >= 11 is 0. The van der Waals surface area contributed by atoms with Crippen molar-refractivity contribution in [1.82, 2.24) is 14.9 Å². The molecular weight excluding hydrogens is 226 g/mol. The number of piperazine rings is 1. The molecule has 18 heavy (non-hydrogen) atoms. The molecule has 1 aromatic heterocycles. The summed E-state index contributed by atoms with van der Waals surface area (Å²) in [6, 6.07) is 4.24. The zero-order valence-electron chi connectivity index (χ0n) is 11.1. The highest BCUT2D eigenvalue weighted by atomic mass is 15.3. The van der Waals surface area contributed by atoms with Crippen LogP contribution in [-0.4, -0.2) is 47.6 Å². The summed E-state index contributed by atoms with van der Waals surface area (Å²) < 4.78 is 0. The van der Waals surface area contributed by atoms with Gasteiger partial charge in [0.2, 0.25) is 0 Å². The first kappa shape index (κ1) is 12.8.